The van der Waals surface area contributed by atoms with Gasteiger partial charge in [-0.25, -0.2) is 13.4 Å². The van der Waals surface area contributed by atoms with Crippen LogP contribution in [0, 0.1) is 0 Å². The van der Waals surface area contributed by atoms with E-state index in [4.69, 9.17) is 11.6 Å². The fraction of sp³-hybridized carbons (Fsp3) is 0.278. The van der Waals surface area contributed by atoms with E-state index in [-0.39, 0.29) is 18.1 Å². The van der Waals surface area contributed by atoms with Gasteiger partial charge in [0.2, 0.25) is 10.0 Å². The molecule has 8 nitrogen and oxygen atoms in total. The number of imidazole rings is 1. The van der Waals surface area contributed by atoms with E-state index in [1.807, 2.05) is 4.90 Å². The van der Waals surface area contributed by atoms with Crippen molar-refractivity contribution in [1.29, 1.82) is 0 Å². The molecule has 1 aliphatic rings. The lowest BCUT2D eigenvalue weighted by atomic mass is 10.2. The second kappa shape index (κ2) is 8.09. The number of sulfonamides is 1. The van der Waals surface area contributed by atoms with Crippen LogP contribution in [0.5, 0.6) is 0 Å². The van der Waals surface area contributed by atoms with Crippen LogP contribution in [0.25, 0.3) is 5.82 Å². The number of hydrogen-bond acceptors (Lipinski definition) is 6. The third-order valence-electron chi connectivity index (χ3n) is 4.84. The van der Waals surface area contributed by atoms with Crippen LogP contribution in [0.2, 0.25) is 5.02 Å². The van der Waals surface area contributed by atoms with Crippen LogP contribution in [0.1, 0.15) is 5.56 Å². The Morgan fingerprint density at radius 3 is 2.23 bits per heavy atom. The van der Waals surface area contributed by atoms with Crippen LogP contribution in [-0.4, -0.2) is 58.7 Å². The first kappa shape index (κ1) is 21.5. The standard InChI is InChI=1S/C18H16ClF3N6O2S/c19-14-2-1-13(18(20,21)22)11-15(14)31(29,30)28-9-7-26(8-10-28)16-3-4-17(25-24-16)27-6-5-23-12-27/h1-6,11-12H,7-10H2. The largest absolute Gasteiger partial charge is 0.416 e. The molecule has 0 unspecified atom stereocenters. The van der Waals surface area contributed by atoms with E-state index in [0.29, 0.717) is 30.8 Å². The molecule has 3 heterocycles. The summed E-state index contributed by atoms with van der Waals surface area (Å²) in [7, 11) is -4.19. The fourth-order valence-electron chi connectivity index (χ4n) is 3.19. The van der Waals surface area contributed by atoms with Crippen molar-refractivity contribution in [2.45, 2.75) is 11.1 Å². The van der Waals surface area contributed by atoms with Crippen LogP contribution in [0.15, 0.2) is 53.9 Å². The molecule has 31 heavy (non-hydrogen) atoms. The van der Waals surface area contributed by atoms with Crippen molar-refractivity contribution < 1.29 is 21.6 Å². The van der Waals surface area contributed by atoms with Gasteiger partial charge in [-0.15, -0.1) is 10.2 Å². The highest BCUT2D eigenvalue weighted by molar-refractivity contribution is 7.89. The fourth-order valence-corrected chi connectivity index (χ4v) is 5.12. The number of nitrogens with zero attached hydrogens (tertiary/aromatic N) is 6. The topological polar surface area (TPSA) is 84.2 Å². The second-order valence-corrected chi connectivity index (χ2v) is 9.07. The van der Waals surface area contributed by atoms with Gasteiger partial charge >= 0.3 is 6.18 Å². The molecule has 164 valence electrons. The van der Waals surface area contributed by atoms with Crippen molar-refractivity contribution in [3.05, 3.63) is 59.6 Å². The van der Waals surface area contributed by atoms with Gasteiger partial charge in [-0.2, -0.15) is 17.5 Å². The molecule has 0 atom stereocenters. The summed E-state index contributed by atoms with van der Waals surface area (Å²) in [5.74, 6) is 1.15. The van der Waals surface area contributed by atoms with Crippen molar-refractivity contribution in [3.63, 3.8) is 0 Å². The van der Waals surface area contributed by atoms with Crippen molar-refractivity contribution >= 4 is 27.4 Å². The molecule has 13 heteroatoms. The summed E-state index contributed by atoms with van der Waals surface area (Å²) in [4.78, 5) is 5.24. The highest BCUT2D eigenvalue weighted by Gasteiger charge is 2.35. The molecule has 0 amide bonds. The van der Waals surface area contributed by atoms with Gasteiger partial charge in [0.1, 0.15) is 11.2 Å². The third kappa shape index (κ3) is 4.36. The molecule has 0 N–H and O–H groups in total. The maximum absolute atomic E-state index is 13.0. The van der Waals surface area contributed by atoms with Crippen LogP contribution >= 0.6 is 11.6 Å². The number of rotatable bonds is 4. The summed E-state index contributed by atoms with van der Waals surface area (Å²) in [5, 5.41) is 8.05. The second-order valence-electron chi connectivity index (χ2n) is 6.75. The number of alkyl halides is 3. The Bertz CT molecular complexity index is 1160. The van der Waals surface area contributed by atoms with Crippen LogP contribution in [-0.2, 0) is 16.2 Å². The Morgan fingerprint density at radius 2 is 1.65 bits per heavy atom. The van der Waals surface area contributed by atoms with E-state index in [9.17, 15) is 21.6 Å². The Morgan fingerprint density at radius 1 is 0.968 bits per heavy atom. The lowest BCUT2D eigenvalue weighted by Gasteiger charge is -2.34. The van der Waals surface area contributed by atoms with E-state index >= 15 is 0 Å². The van der Waals surface area contributed by atoms with Crippen LogP contribution < -0.4 is 4.90 Å². The molecule has 4 rings (SSSR count). The number of hydrogen-bond donors (Lipinski definition) is 0. The lowest BCUT2D eigenvalue weighted by molar-refractivity contribution is -0.137. The summed E-state index contributed by atoms with van der Waals surface area (Å²) in [6.45, 7) is 0.740. The molecule has 1 aliphatic heterocycles. The normalized spacial score (nSPS) is 15.9. The molecule has 2 aromatic heterocycles. The number of benzene rings is 1. The molecular formula is C18H16ClF3N6O2S. The maximum atomic E-state index is 13.0. The third-order valence-corrected chi connectivity index (χ3v) is 7.22. The van der Waals surface area contributed by atoms with Gasteiger partial charge in [0.05, 0.1) is 10.6 Å². The monoisotopic (exact) mass is 472 g/mol. The van der Waals surface area contributed by atoms with Gasteiger partial charge in [-0.1, -0.05) is 11.6 Å². The summed E-state index contributed by atoms with van der Waals surface area (Å²) in [6.07, 6.45) is 0.263. The average molecular weight is 473 g/mol. The SMILES string of the molecule is O=S(=O)(c1cc(C(F)(F)F)ccc1Cl)N1CCN(c2ccc(-n3ccnc3)nn2)CC1. The molecular weight excluding hydrogens is 457 g/mol. The van der Waals surface area contributed by atoms with E-state index in [1.54, 1.807) is 35.4 Å². The maximum Gasteiger partial charge on any atom is 0.416 e. The average Bonchev–Trinajstić information content (AvgIpc) is 3.28. The van der Waals surface area contributed by atoms with Gasteiger partial charge in [0, 0.05) is 38.6 Å². The van der Waals surface area contributed by atoms with Crippen molar-refractivity contribution in [2.75, 3.05) is 31.1 Å². The summed E-state index contributed by atoms with van der Waals surface area (Å²) >= 11 is 5.92. The molecule has 0 saturated carbocycles. The predicted octanol–water partition coefficient (Wildman–Crippen LogP) is 2.85. The molecule has 1 fully saturated rings. The highest BCUT2D eigenvalue weighted by Crippen LogP contribution is 2.34. The Hall–Kier alpha value is -2.70. The molecule has 0 radical (unpaired) electrons. The van der Waals surface area contributed by atoms with Gasteiger partial charge in [-0.3, -0.25) is 4.57 Å². The van der Waals surface area contributed by atoms with Crippen molar-refractivity contribution in [3.8, 4) is 5.82 Å². The van der Waals surface area contributed by atoms with Gasteiger partial charge in [0.15, 0.2) is 11.6 Å². The van der Waals surface area contributed by atoms with Crippen molar-refractivity contribution in [2.24, 2.45) is 0 Å². The molecule has 1 aromatic carbocycles. The van der Waals surface area contributed by atoms with Crippen LogP contribution in [0.4, 0.5) is 19.0 Å². The minimum Gasteiger partial charge on any atom is -0.352 e. The summed E-state index contributed by atoms with van der Waals surface area (Å²) in [5.41, 5.74) is -1.07. The van der Waals surface area contributed by atoms with Crippen molar-refractivity contribution in [1.82, 2.24) is 24.1 Å². The molecule has 3 aromatic rings. The van der Waals surface area contributed by atoms with Crippen LogP contribution in [0.3, 0.4) is 0 Å². The van der Waals surface area contributed by atoms with E-state index in [1.165, 1.54) is 0 Å². The predicted molar refractivity (Wildman–Crippen MR) is 107 cm³/mol. The smallest absolute Gasteiger partial charge is 0.352 e. The Labute approximate surface area is 180 Å². The minimum absolute atomic E-state index is 0.0693. The van der Waals surface area contributed by atoms with E-state index < -0.39 is 26.7 Å². The highest BCUT2D eigenvalue weighted by atomic mass is 35.5. The molecule has 0 aliphatic carbocycles. The summed E-state index contributed by atoms with van der Waals surface area (Å²) in [6, 6.07) is 5.80. The number of anilines is 1. The quantitative estimate of drug-likeness (QED) is 0.580. The zero-order valence-electron chi connectivity index (χ0n) is 15.9. The minimum atomic E-state index is -4.67. The van der Waals surface area contributed by atoms with E-state index in [2.05, 4.69) is 15.2 Å². The number of halogens is 4. The first-order chi connectivity index (χ1) is 14.7. The first-order valence-electron chi connectivity index (χ1n) is 9.10. The number of aromatic nitrogens is 4. The Kier molecular flexibility index (Phi) is 5.62. The Balaban J connectivity index is 1.48. The first-order valence-corrected chi connectivity index (χ1v) is 10.9. The van der Waals surface area contributed by atoms with Gasteiger partial charge < -0.3 is 4.90 Å². The van der Waals surface area contributed by atoms with Gasteiger partial charge in [-0.05, 0) is 30.3 Å². The summed E-state index contributed by atoms with van der Waals surface area (Å²) < 4.78 is 67.7. The molecule has 0 bridgehead atoms. The molecule has 0 spiro atoms. The number of piperazine rings is 1. The lowest BCUT2D eigenvalue weighted by Crippen LogP contribution is -2.49. The zero-order chi connectivity index (χ0) is 22.2. The van der Waals surface area contributed by atoms with Gasteiger partial charge in [0.25, 0.3) is 0 Å². The molecule has 1 saturated heterocycles. The van der Waals surface area contributed by atoms with E-state index in [0.717, 1.165) is 16.4 Å². The zero-order valence-corrected chi connectivity index (χ0v) is 17.4.